The maximum atomic E-state index is 4.56. The first-order chi connectivity index (χ1) is 3.97. The first-order valence-electron chi connectivity index (χ1n) is 2.31. The lowest BCUT2D eigenvalue weighted by Crippen LogP contribution is -1.71. The third-order valence-electron chi connectivity index (χ3n) is 1.01. The van der Waals surface area contributed by atoms with Gasteiger partial charge in [0.2, 0.25) is 11.2 Å². The zero-order valence-corrected chi connectivity index (χ0v) is 4.05. The Kier molecular flexibility index (Phi) is 0.545. The second-order valence-electron chi connectivity index (χ2n) is 1.54. The van der Waals surface area contributed by atoms with Crippen molar-refractivity contribution in [3.8, 4) is 0 Å². The molecule has 0 saturated heterocycles. The normalized spacial score (nSPS) is 10.5. The van der Waals surface area contributed by atoms with Crippen LogP contribution >= 0.6 is 0 Å². The van der Waals surface area contributed by atoms with Gasteiger partial charge in [0.15, 0.2) is 0 Å². The van der Waals surface area contributed by atoms with E-state index >= 15 is 0 Å². The third-order valence-corrected chi connectivity index (χ3v) is 1.01. The summed E-state index contributed by atoms with van der Waals surface area (Å²) in [5.41, 5.74) is 1.57. The first kappa shape index (κ1) is 3.78. The first-order valence-corrected chi connectivity index (χ1v) is 2.31. The summed E-state index contributed by atoms with van der Waals surface area (Å²) >= 11 is 0. The van der Waals surface area contributed by atoms with Gasteiger partial charge < -0.3 is 0 Å². The average Bonchev–Trinajstić information content (AvgIpc) is 1.72. The van der Waals surface area contributed by atoms with Gasteiger partial charge in [-0.15, -0.1) is 0 Å². The minimum atomic E-state index is 0.771. The fourth-order valence-corrected chi connectivity index (χ4v) is 0.591. The van der Waals surface area contributed by atoms with Gasteiger partial charge in [0.1, 0.15) is 0 Å². The highest BCUT2D eigenvalue weighted by molar-refractivity contribution is 5.69. The lowest BCUT2D eigenvalue weighted by Gasteiger charge is -1.92. The molecule has 1 aromatic carbocycles. The van der Waals surface area contributed by atoms with Crippen LogP contribution in [0.25, 0.3) is 11.2 Å². The molecule has 0 aliphatic carbocycles. The maximum absolute atomic E-state index is 4.56. The molecule has 8 heavy (non-hydrogen) atoms. The predicted molar refractivity (Wildman–Crippen MR) is 27.3 cm³/mol. The van der Waals surface area contributed by atoms with Crippen molar-refractivity contribution in [1.82, 2.24) is 0 Å². The summed E-state index contributed by atoms with van der Waals surface area (Å²) in [5, 5.41) is 0. The molecule has 0 fully saturated rings. The van der Waals surface area contributed by atoms with Crippen LogP contribution in [0.3, 0.4) is 0 Å². The lowest BCUT2D eigenvalue weighted by atomic mass is 10.3. The molecule has 0 aliphatic heterocycles. The number of benzene rings is 1. The molecule has 0 atom stereocenters. The number of fused-ring (bicyclic) bond motifs is 1. The van der Waals surface area contributed by atoms with Crippen molar-refractivity contribution in [3.63, 3.8) is 0 Å². The summed E-state index contributed by atoms with van der Waals surface area (Å²) in [6.45, 7) is 0. The zero-order chi connectivity index (χ0) is 5.40. The van der Waals surface area contributed by atoms with Crippen LogP contribution in [-0.4, -0.2) is 0 Å². The largest absolute Gasteiger partial charge is 0.286 e. The van der Waals surface area contributed by atoms with E-state index in [2.05, 4.69) is 15.2 Å². The highest BCUT2D eigenvalue weighted by Gasteiger charge is 1.98. The summed E-state index contributed by atoms with van der Waals surface area (Å²) < 4.78 is 9.10. The molecule has 0 saturated carbocycles. The molecule has 0 N–H and O–H groups in total. The van der Waals surface area contributed by atoms with E-state index in [0.717, 1.165) is 11.2 Å². The smallest absolute Gasteiger partial charge is 0.226 e. The van der Waals surface area contributed by atoms with Gasteiger partial charge in [-0.3, -0.25) is 9.15 Å². The van der Waals surface area contributed by atoms with Crippen LogP contribution in [0.1, 0.15) is 0 Å². The molecule has 0 spiro atoms. The Balaban J connectivity index is 2.88. The van der Waals surface area contributed by atoms with Crippen LogP contribution in [0.5, 0.6) is 0 Å². The molecule has 0 amide bonds. The van der Waals surface area contributed by atoms with Gasteiger partial charge in [-0.1, -0.05) is 6.07 Å². The molecule has 2 rings (SSSR count). The highest BCUT2D eigenvalue weighted by atomic mass is 17.0. The summed E-state index contributed by atoms with van der Waals surface area (Å²) in [4.78, 5) is 0. The quantitative estimate of drug-likeness (QED) is 0.480. The minimum absolute atomic E-state index is 0.771. The number of hydrogen-bond donors (Lipinski definition) is 0. The van der Waals surface area contributed by atoms with E-state index in [1.807, 2.05) is 0 Å². The second-order valence-corrected chi connectivity index (χ2v) is 1.54. The molecule has 2 heteroatoms. The highest BCUT2D eigenvalue weighted by Crippen LogP contribution is 2.15. The van der Waals surface area contributed by atoms with E-state index in [1.165, 1.54) is 0 Å². The van der Waals surface area contributed by atoms with E-state index in [-0.39, 0.29) is 0 Å². The molecule has 1 radical (unpaired) electrons. The van der Waals surface area contributed by atoms with E-state index in [0.29, 0.717) is 0 Å². The molecule has 2 aromatic rings. The van der Waals surface area contributed by atoms with Gasteiger partial charge in [-0.05, 0) is 18.2 Å². The van der Waals surface area contributed by atoms with E-state index < -0.39 is 0 Å². The van der Waals surface area contributed by atoms with Crippen molar-refractivity contribution in [2.45, 2.75) is 0 Å². The van der Waals surface area contributed by atoms with Crippen LogP contribution in [0.4, 0.5) is 0 Å². The predicted octanol–water partition coefficient (Wildman–Crippen LogP) is 1.83. The summed E-state index contributed by atoms with van der Waals surface area (Å²) in [6.07, 6.45) is 0. The SMILES string of the molecule is [c]1ccc2ooc2c1. The Labute approximate surface area is 45.6 Å². The Bertz CT molecular complexity index is 249. The maximum Gasteiger partial charge on any atom is 0.226 e. The van der Waals surface area contributed by atoms with Crippen molar-refractivity contribution in [3.05, 3.63) is 24.3 Å². The van der Waals surface area contributed by atoms with Gasteiger partial charge in [-0.2, -0.15) is 0 Å². The van der Waals surface area contributed by atoms with Gasteiger partial charge in [-0.25, -0.2) is 0 Å². The van der Waals surface area contributed by atoms with Crippen molar-refractivity contribution in [1.29, 1.82) is 0 Å². The zero-order valence-electron chi connectivity index (χ0n) is 4.05. The minimum Gasteiger partial charge on any atom is -0.286 e. The Morgan fingerprint density at radius 1 is 1.25 bits per heavy atom. The lowest BCUT2D eigenvalue weighted by molar-refractivity contribution is 0.0589. The molecular weight excluding hydrogens is 104 g/mol. The van der Waals surface area contributed by atoms with Gasteiger partial charge in [0.25, 0.3) is 0 Å². The second kappa shape index (κ2) is 1.15. The van der Waals surface area contributed by atoms with Gasteiger partial charge >= 0.3 is 0 Å². The van der Waals surface area contributed by atoms with E-state index in [4.69, 9.17) is 0 Å². The summed E-state index contributed by atoms with van der Waals surface area (Å²) in [5.74, 6) is 0. The standard InChI is InChI=1S/C6H3O2/c1-2-4-6-5(3-1)7-8-6/h1,3-4H. The molecular formula is C6H3O2. The fraction of sp³-hybridized carbons (Fsp3) is 0. The molecule has 2 nitrogen and oxygen atoms in total. The molecule has 0 aliphatic rings. The Morgan fingerprint density at radius 3 is 2.50 bits per heavy atom. The van der Waals surface area contributed by atoms with Gasteiger partial charge in [0, 0.05) is 0 Å². The molecule has 39 valence electrons. The van der Waals surface area contributed by atoms with Crippen LogP contribution in [0.15, 0.2) is 27.4 Å². The third kappa shape index (κ3) is 0.320. The van der Waals surface area contributed by atoms with Crippen molar-refractivity contribution in [2.24, 2.45) is 0 Å². The fourth-order valence-electron chi connectivity index (χ4n) is 0.591. The van der Waals surface area contributed by atoms with Crippen LogP contribution < -0.4 is 0 Å². The summed E-state index contributed by atoms with van der Waals surface area (Å²) in [7, 11) is 0. The van der Waals surface area contributed by atoms with E-state index in [9.17, 15) is 0 Å². The monoisotopic (exact) mass is 107 g/mol. The van der Waals surface area contributed by atoms with Crippen LogP contribution in [0, 0.1) is 6.07 Å². The van der Waals surface area contributed by atoms with Crippen LogP contribution in [0.2, 0.25) is 0 Å². The van der Waals surface area contributed by atoms with Crippen molar-refractivity contribution < 1.29 is 9.15 Å². The average molecular weight is 107 g/mol. The topological polar surface area (TPSA) is 26.3 Å². The Morgan fingerprint density at radius 2 is 2.12 bits per heavy atom. The number of hydrogen-bond acceptors (Lipinski definition) is 2. The van der Waals surface area contributed by atoms with Crippen LogP contribution in [-0.2, 0) is 0 Å². The van der Waals surface area contributed by atoms with Crippen molar-refractivity contribution >= 4 is 11.2 Å². The molecule has 0 bridgehead atoms. The Hall–Kier alpha value is -1.18. The van der Waals surface area contributed by atoms with E-state index in [1.54, 1.807) is 18.2 Å². The summed E-state index contributed by atoms with van der Waals surface area (Å²) in [6, 6.07) is 8.17. The molecule has 1 aromatic heterocycles. The van der Waals surface area contributed by atoms with Gasteiger partial charge in [0.05, 0.1) is 0 Å². The van der Waals surface area contributed by atoms with Crippen molar-refractivity contribution in [2.75, 3.05) is 0 Å². The molecule has 0 unspecified atom stereocenters. The number of rotatable bonds is 0. The molecule has 1 heterocycles.